The lowest BCUT2D eigenvalue weighted by Crippen LogP contribution is -1.74. The summed E-state index contributed by atoms with van der Waals surface area (Å²) < 4.78 is 0. The van der Waals surface area contributed by atoms with E-state index in [1.165, 1.54) is 0 Å². The second-order valence-corrected chi connectivity index (χ2v) is 3.51. The van der Waals surface area contributed by atoms with E-state index in [9.17, 15) is 4.79 Å². The fourth-order valence-corrected chi connectivity index (χ4v) is 1.53. The zero-order valence-corrected chi connectivity index (χ0v) is 9.21. The molecule has 0 radical (unpaired) electrons. The molecule has 0 saturated carbocycles. The van der Waals surface area contributed by atoms with Gasteiger partial charge in [0.25, 0.3) is 0 Å². The molecule has 0 fully saturated rings. The monoisotopic (exact) mass is 221 g/mol. The van der Waals surface area contributed by atoms with Crippen LogP contribution < -0.4 is 0 Å². The number of carbonyl (C=O) groups excluding carboxylic acids is 1. The van der Waals surface area contributed by atoms with Gasteiger partial charge >= 0.3 is 0 Å². The van der Waals surface area contributed by atoms with Gasteiger partial charge in [-0.3, -0.25) is 0 Å². The topological polar surface area (TPSA) is 29.4 Å². The maximum Gasteiger partial charge on any atom is 0.240 e. The minimum atomic E-state index is 0.634. The first-order valence-electron chi connectivity index (χ1n) is 5.30. The number of hydrogen-bond donors (Lipinski definition) is 0. The first-order valence-corrected chi connectivity index (χ1v) is 5.30. The van der Waals surface area contributed by atoms with Crippen LogP contribution in [-0.4, -0.2) is 6.08 Å². The summed E-state index contributed by atoms with van der Waals surface area (Å²) in [6.45, 7) is 0. The van der Waals surface area contributed by atoms with E-state index in [0.29, 0.717) is 5.69 Å². The fraction of sp³-hybridized carbons (Fsp3) is 0. The Kier molecular flexibility index (Phi) is 3.64. The van der Waals surface area contributed by atoms with Gasteiger partial charge in [0.2, 0.25) is 6.08 Å². The van der Waals surface area contributed by atoms with Crippen molar-refractivity contribution in [3.8, 4) is 0 Å². The summed E-state index contributed by atoms with van der Waals surface area (Å²) in [5.74, 6) is 0. The van der Waals surface area contributed by atoms with Gasteiger partial charge in [-0.15, -0.1) is 0 Å². The molecule has 0 aliphatic heterocycles. The smallest absolute Gasteiger partial charge is 0.211 e. The average molecular weight is 221 g/mol. The van der Waals surface area contributed by atoms with E-state index in [-0.39, 0.29) is 0 Å². The highest BCUT2D eigenvalue weighted by atomic mass is 16.1. The third kappa shape index (κ3) is 3.00. The Morgan fingerprint density at radius 2 is 1.59 bits per heavy atom. The minimum absolute atomic E-state index is 0.634. The Labute approximate surface area is 100.0 Å². The van der Waals surface area contributed by atoms with Gasteiger partial charge in [0.15, 0.2) is 0 Å². The van der Waals surface area contributed by atoms with Gasteiger partial charge in [0.1, 0.15) is 0 Å². The highest BCUT2D eigenvalue weighted by Gasteiger charge is 1.95. The Bertz CT molecular complexity index is 566. The number of aliphatic imine (C=N–C) groups is 1. The van der Waals surface area contributed by atoms with Crippen molar-refractivity contribution in [2.75, 3.05) is 0 Å². The van der Waals surface area contributed by atoms with Crippen molar-refractivity contribution in [2.45, 2.75) is 0 Å². The first kappa shape index (κ1) is 11.1. The van der Waals surface area contributed by atoms with Gasteiger partial charge in [-0.05, 0) is 11.6 Å². The Morgan fingerprint density at radius 1 is 0.882 bits per heavy atom. The molecule has 2 rings (SSSR count). The van der Waals surface area contributed by atoms with Crippen LogP contribution in [0.1, 0.15) is 11.1 Å². The van der Waals surface area contributed by atoms with Crippen LogP contribution in [0.2, 0.25) is 0 Å². The van der Waals surface area contributed by atoms with Crippen molar-refractivity contribution >= 4 is 23.9 Å². The molecule has 2 heteroatoms. The normalized spacial score (nSPS) is 10.1. The average Bonchev–Trinajstić information content (AvgIpc) is 2.39. The third-order valence-electron chi connectivity index (χ3n) is 2.36. The molecule has 0 spiro atoms. The van der Waals surface area contributed by atoms with Gasteiger partial charge in [0, 0.05) is 5.56 Å². The molecule has 0 N–H and O–H groups in total. The summed E-state index contributed by atoms with van der Waals surface area (Å²) in [4.78, 5) is 13.9. The van der Waals surface area contributed by atoms with E-state index in [1.54, 1.807) is 12.1 Å². The Morgan fingerprint density at radius 3 is 2.35 bits per heavy atom. The standard InChI is InChI=1S/C15H11NO/c17-12-16-15-9-5-4-8-14(15)11-10-13-6-2-1-3-7-13/h1-11H. The lowest BCUT2D eigenvalue weighted by atomic mass is 10.1. The molecule has 0 heterocycles. The van der Waals surface area contributed by atoms with E-state index in [1.807, 2.05) is 60.7 Å². The fourth-order valence-electron chi connectivity index (χ4n) is 1.53. The number of nitrogens with zero attached hydrogens (tertiary/aromatic N) is 1. The molecular formula is C15H11NO. The molecule has 2 nitrogen and oxygen atoms in total. The summed E-state index contributed by atoms with van der Waals surface area (Å²) >= 11 is 0. The van der Waals surface area contributed by atoms with Gasteiger partial charge in [-0.1, -0.05) is 60.7 Å². The number of hydrogen-bond acceptors (Lipinski definition) is 2. The van der Waals surface area contributed by atoms with Crippen LogP contribution in [-0.2, 0) is 4.79 Å². The molecule has 2 aromatic rings. The van der Waals surface area contributed by atoms with Crippen molar-refractivity contribution in [3.63, 3.8) is 0 Å². The molecule has 0 aliphatic rings. The van der Waals surface area contributed by atoms with Crippen molar-refractivity contribution in [3.05, 3.63) is 65.7 Å². The molecule has 2 aromatic carbocycles. The number of rotatable bonds is 3. The SMILES string of the molecule is O=C=Nc1ccccc1C=Cc1ccccc1. The number of benzene rings is 2. The van der Waals surface area contributed by atoms with E-state index in [4.69, 9.17) is 0 Å². The predicted molar refractivity (Wildman–Crippen MR) is 69.6 cm³/mol. The molecular weight excluding hydrogens is 210 g/mol. The lowest BCUT2D eigenvalue weighted by molar-refractivity contribution is 0.565. The number of isocyanates is 1. The summed E-state index contributed by atoms with van der Waals surface area (Å²) in [5, 5.41) is 0. The zero-order chi connectivity index (χ0) is 11.9. The Hall–Kier alpha value is -2.44. The summed E-state index contributed by atoms with van der Waals surface area (Å²) in [7, 11) is 0. The van der Waals surface area contributed by atoms with Crippen LogP contribution in [0, 0.1) is 0 Å². The molecule has 0 atom stereocenters. The highest BCUT2D eigenvalue weighted by molar-refractivity contribution is 5.76. The molecule has 0 unspecified atom stereocenters. The van der Waals surface area contributed by atoms with Gasteiger partial charge in [-0.25, -0.2) is 4.79 Å². The molecule has 17 heavy (non-hydrogen) atoms. The van der Waals surface area contributed by atoms with Crippen LogP contribution >= 0.6 is 0 Å². The molecule has 0 amide bonds. The van der Waals surface area contributed by atoms with E-state index in [2.05, 4.69) is 4.99 Å². The molecule has 82 valence electrons. The van der Waals surface area contributed by atoms with Crippen LogP contribution in [0.3, 0.4) is 0 Å². The summed E-state index contributed by atoms with van der Waals surface area (Å²) in [6, 6.07) is 17.4. The van der Waals surface area contributed by atoms with E-state index >= 15 is 0 Å². The molecule has 0 saturated heterocycles. The van der Waals surface area contributed by atoms with Gasteiger partial charge in [-0.2, -0.15) is 4.99 Å². The largest absolute Gasteiger partial charge is 0.240 e. The van der Waals surface area contributed by atoms with E-state index < -0.39 is 0 Å². The minimum Gasteiger partial charge on any atom is -0.211 e. The second kappa shape index (κ2) is 5.59. The Balaban J connectivity index is 2.30. The number of para-hydroxylation sites is 1. The van der Waals surface area contributed by atoms with Crippen LogP contribution in [0.25, 0.3) is 12.2 Å². The highest BCUT2D eigenvalue weighted by Crippen LogP contribution is 2.20. The van der Waals surface area contributed by atoms with Crippen molar-refractivity contribution in [1.29, 1.82) is 0 Å². The van der Waals surface area contributed by atoms with Crippen molar-refractivity contribution < 1.29 is 4.79 Å². The van der Waals surface area contributed by atoms with Crippen LogP contribution in [0.4, 0.5) is 5.69 Å². The van der Waals surface area contributed by atoms with E-state index in [0.717, 1.165) is 11.1 Å². The second-order valence-electron chi connectivity index (χ2n) is 3.51. The van der Waals surface area contributed by atoms with Gasteiger partial charge < -0.3 is 0 Å². The molecule has 0 aromatic heterocycles. The van der Waals surface area contributed by atoms with Crippen molar-refractivity contribution in [1.82, 2.24) is 0 Å². The van der Waals surface area contributed by atoms with Crippen LogP contribution in [0.5, 0.6) is 0 Å². The zero-order valence-electron chi connectivity index (χ0n) is 9.21. The first-order chi connectivity index (χ1) is 8.40. The van der Waals surface area contributed by atoms with Crippen molar-refractivity contribution in [2.24, 2.45) is 4.99 Å². The lowest BCUT2D eigenvalue weighted by Gasteiger charge is -1.97. The maximum absolute atomic E-state index is 10.3. The van der Waals surface area contributed by atoms with Gasteiger partial charge in [0.05, 0.1) is 5.69 Å². The quantitative estimate of drug-likeness (QED) is 0.440. The summed E-state index contributed by atoms with van der Waals surface area (Å²) in [6.07, 6.45) is 5.48. The van der Waals surface area contributed by atoms with Crippen LogP contribution in [0.15, 0.2) is 59.6 Å². The molecule has 0 aliphatic carbocycles. The third-order valence-corrected chi connectivity index (χ3v) is 2.36. The molecule has 0 bridgehead atoms. The predicted octanol–water partition coefficient (Wildman–Crippen LogP) is 3.82. The maximum atomic E-state index is 10.3. The summed E-state index contributed by atoms with van der Waals surface area (Å²) in [5.41, 5.74) is 2.65.